The highest BCUT2D eigenvalue weighted by Crippen LogP contribution is 2.40. The van der Waals surface area contributed by atoms with E-state index >= 15 is 0 Å². The zero-order chi connectivity index (χ0) is 13.2. The van der Waals surface area contributed by atoms with Gasteiger partial charge in [0.25, 0.3) is 0 Å². The number of anilines is 1. The number of nitrogen functional groups attached to an aromatic ring is 1. The summed E-state index contributed by atoms with van der Waals surface area (Å²) in [5.41, 5.74) is 5.86. The lowest BCUT2D eigenvalue weighted by Gasteiger charge is -2.22. The Morgan fingerprint density at radius 1 is 1.28 bits per heavy atom. The molecule has 0 spiro atoms. The fourth-order valence-corrected chi connectivity index (χ4v) is 2.68. The average molecular weight is 272 g/mol. The van der Waals surface area contributed by atoms with E-state index in [1.807, 2.05) is 0 Å². The summed E-state index contributed by atoms with van der Waals surface area (Å²) >= 11 is 0.218. The maximum Gasteiger partial charge on any atom is 0.375 e. The van der Waals surface area contributed by atoms with Crippen LogP contribution in [0, 0.1) is 0 Å². The van der Waals surface area contributed by atoms with Gasteiger partial charge in [0.1, 0.15) is 0 Å². The van der Waals surface area contributed by atoms with Gasteiger partial charge in [-0.1, -0.05) is 12.1 Å². The predicted molar refractivity (Wildman–Crippen MR) is 67.5 cm³/mol. The van der Waals surface area contributed by atoms with E-state index in [4.69, 9.17) is 5.73 Å². The molecule has 0 aliphatic carbocycles. The van der Waals surface area contributed by atoms with Crippen molar-refractivity contribution in [1.29, 1.82) is 0 Å². The van der Waals surface area contributed by atoms with Gasteiger partial charge in [0.05, 0.1) is 0 Å². The van der Waals surface area contributed by atoms with E-state index in [-0.39, 0.29) is 22.3 Å². The van der Waals surface area contributed by atoms with Crippen LogP contribution in [0.4, 0.5) is 14.5 Å². The number of halogens is 2. The van der Waals surface area contributed by atoms with Crippen molar-refractivity contribution in [2.75, 3.05) is 18.8 Å². The summed E-state index contributed by atoms with van der Waals surface area (Å²) in [5.74, 6) is -1.12. The second-order valence-electron chi connectivity index (χ2n) is 4.16. The fourth-order valence-electron chi connectivity index (χ4n) is 1.86. The van der Waals surface area contributed by atoms with E-state index in [9.17, 15) is 13.6 Å². The maximum atomic E-state index is 13.9. The zero-order valence-corrected chi connectivity index (χ0v) is 10.6. The molecule has 1 heterocycles. The van der Waals surface area contributed by atoms with Gasteiger partial charge in [-0.15, -0.1) is 0 Å². The van der Waals surface area contributed by atoms with Gasteiger partial charge in [-0.3, -0.25) is 4.79 Å². The number of para-hydroxylation sites is 1. The molecule has 6 heteroatoms. The number of rotatable bonds is 3. The zero-order valence-electron chi connectivity index (χ0n) is 9.73. The lowest BCUT2D eigenvalue weighted by atomic mass is 10.3. The maximum absolute atomic E-state index is 13.9. The van der Waals surface area contributed by atoms with Crippen LogP contribution in [0.5, 0.6) is 0 Å². The number of hydrogen-bond acceptors (Lipinski definition) is 3. The second kappa shape index (κ2) is 5.14. The van der Waals surface area contributed by atoms with Crippen LogP contribution in [0.1, 0.15) is 12.8 Å². The topological polar surface area (TPSA) is 46.3 Å². The molecular formula is C12H14F2N2OS. The largest absolute Gasteiger partial charge is 0.398 e. The minimum absolute atomic E-state index is 0.218. The van der Waals surface area contributed by atoms with Crippen LogP contribution in [0.25, 0.3) is 0 Å². The molecule has 1 aromatic carbocycles. The molecule has 2 rings (SSSR count). The lowest BCUT2D eigenvalue weighted by Crippen LogP contribution is -2.39. The summed E-state index contributed by atoms with van der Waals surface area (Å²) in [4.78, 5) is 13.1. The van der Waals surface area contributed by atoms with Crippen molar-refractivity contribution >= 4 is 23.4 Å². The first kappa shape index (κ1) is 13.1. The van der Waals surface area contributed by atoms with Gasteiger partial charge in [0, 0.05) is 23.7 Å². The molecule has 1 saturated heterocycles. The number of carbonyl (C=O) groups excluding carboxylic acids is 1. The predicted octanol–water partition coefficient (Wildman–Crippen LogP) is 2.58. The van der Waals surface area contributed by atoms with Crippen molar-refractivity contribution in [1.82, 2.24) is 4.90 Å². The van der Waals surface area contributed by atoms with Crippen molar-refractivity contribution < 1.29 is 13.6 Å². The third-order valence-corrected chi connectivity index (χ3v) is 3.82. The molecular weight excluding hydrogens is 258 g/mol. The first-order valence-electron chi connectivity index (χ1n) is 5.71. The van der Waals surface area contributed by atoms with E-state index < -0.39 is 11.2 Å². The molecule has 0 radical (unpaired) electrons. The number of likely N-dealkylation sites (tertiary alicyclic amines) is 1. The highest BCUT2D eigenvalue weighted by molar-refractivity contribution is 8.01. The Labute approximate surface area is 108 Å². The van der Waals surface area contributed by atoms with Gasteiger partial charge < -0.3 is 10.6 Å². The first-order chi connectivity index (χ1) is 8.50. The smallest absolute Gasteiger partial charge is 0.375 e. The number of nitrogens with zero attached hydrogens (tertiary/aromatic N) is 1. The summed E-state index contributed by atoms with van der Waals surface area (Å²) in [6.45, 7) is 0.832. The van der Waals surface area contributed by atoms with E-state index in [1.54, 1.807) is 18.2 Å². The molecule has 98 valence electrons. The molecule has 1 aliphatic rings. The molecule has 1 fully saturated rings. The van der Waals surface area contributed by atoms with E-state index in [0.29, 0.717) is 13.1 Å². The standard InChI is InChI=1S/C12H14F2N2OS/c13-12(14,11(17)16-7-3-4-8-16)18-10-6-2-1-5-9(10)15/h1-2,5-6H,3-4,7-8,15H2. The molecule has 0 unspecified atom stereocenters. The van der Waals surface area contributed by atoms with Crippen LogP contribution < -0.4 is 5.73 Å². The number of hydrogen-bond donors (Lipinski definition) is 1. The third kappa shape index (κ3) is 2.75. The number of carbonyl (C=O) groups is 1. The van der Waals surface area contributed by atoms with E-state index in [1.165, 1.54) is 11.0 Å². The summed E-state index contributed by atoms with van der Waals surface area (Å²) < 4.78 is 27.7. The molecule has 0 atom stereocenters. The summed E-state index contributed by atoms with van der Waals surface area (Å²) in [6, 6.07) is 6.32. The van der Waals surface area contributed by atoms with Gasteiger partial charge in [0.15, 0.2) is 0 Å². The molecule has 1 aromatic rings. The highest BCUT2D eigenvalue weighted by Gasteiger charge is 2.44. The monoisotopic (exact) mass is 272 g/mol. The minimum Gasteiger partial charge on any atom is -0.398 e. The number of thioether (sulfide) groups is 1. The van der Waals surface area contributed by atoms with Crippen LogP contribution in [0.15, 0.2) is 29.2 Å². The number of alkyl halides is 2. The van der Waals surface area contributed by atoms with Crippen molar-refractivity contribution in [3.8, 4) is 0 Å². The fraction of sp³-hybridized carbons (Fsp3) is 0.417. The summed E-state index contributed by atoms with van der Waals surface area (Å²) in [5, 5.41) is -3.46. The molecule has 0 bridgehead atoms. The Bertz CT molecular complexity index is 447. The average Bonchev–Trinajstić information content (AvgIpc) is 2.84. The number of benzene rings is 1. The number of nitrogens with two attached hydrogens (primary N) is 1. The van der Waals surface area contributed by atoms with Crippen LogP contribution in [0.2, 0.25) is 0 Å². The Morgan fingerprint density at radius 3 is 2.50 bits per heavy atom. The van der Waals surface area contributed by atoms with Crippen molar-refractivity contribution in [2.24, 2.45) is 0 Å². The minimum atomic E-state index is -3.46. The molecule has 1 amide bonds. The second-order valence-corrected chi connectivity index (χ2v) is 5.31. The third-order valence-electron chi connectivity index (χ3n) is 2.80. The van der Waals surface area contributed by atoms with Gasteiger partial charge in [0.2, 0.25) is 0 Å². The highest BCUT2D eigenvalue weighted by atomic mass is 32.2. The van der Waals surface area contributed by atoms with Crippen molar-refractivity contribution in [3.05, 3.63) is 24.3 Å². The Balaban J connectivity index is 2.11. The number of amides is 1. The van der Waals surface area contributed by atoms with Crippen LogP contribution >= 0.6 is 11.8 Å². The van der Waals surface area contributed by atoms with Crippen LogP contribution in [-0.2, 0) is 4.79 Å². The van der Waals surface area contributed by atoms with Crippen LogP contribution in [0.3, 0.4) is 0 Å². The molecule has 2 N–H and O–H groups in total. The first-order valence-corrected chi connectivity index (χ1v) is 6.53. The van der Waals surface area contributed by atoms with Gasteiger partial charge in [-0.05, 0) is 36.7 Å². The molecule has 18 heavy (non-hydrogen) atoms. The van der Waals surface area contributed by atoms with E-state index in [2.05, 4.69) is 0 Å². The molecule has 3 nitrogen and oxygen atoms in total. The van der Waals surface area contributed by atoms with Gasteiger partial charge >= 0.3 is 11.2 Å². The lowest BCUT2D eigenvalue weighted by molar-refractivity contribution is -0.145. The Hall–Kier alpha value is -1.30. The van der Waals surface area contributed by atoms with Crippen molar-refractivity contribution in [2.45, 2.75) is 23.0 Å². The molecule has 0 aromatic heterocycles. The molecule has 1 aliphatic heterocycles. The normalized spacial score (nSPS) is 16.0. The van der Waals surface area contributed by atoms with Crippen molar-refractivity contribution in [3.63, 3.8) is 0 Å². The quantitative estimate of drug-likeness (QED) is 0.679. The summed E-state index contributed by atoms with van der Waals surface area (Å²) in [7, 11) is 0. The summed E-state index contributed by atoms with van der Waals surface area (Å²) in [6.07, 6.45) is 1.58. The molecule has 0 saturated carbocycles. The Morgan fingerprint density at radius 2 is 1.89 bits per heavy atom. The van der Waals surface area contributed by atoms with E-state index in [0.717, 1.165) is 12.8 Å². The van der Waals surface area contributed by atoms with Crippen LogP contribution in [-0.4, -0.2) is 29.2 Å². The van der Waals surface area contributed by atoms with Gasteiger partial charge in [-0.25, -0.2) is 0 Å². The SMILES string of the molecule is Nc1ccccc1SC(F)(F)C(=O)N1CCCC1. The Kier molecular flexibility index (Phi) is 3.75. The van der Waals surface area contributed by atoms with Gasteiger partial charge in [-0.2, -0.15) is 8.78 Å².